The smallest absolute Gasteiger partial charge is 0.294 e. The molecule has 0 saturated carbocycles. The third kappa shape index (κ3) is 17.8. The molecule has 98 heavy (non-hydrogen) atoms. The molecule has 526 valence electrons. The van der Waals surface area contributed by atoms with Gasteiger partial charge in [0.05, 0.1) is 33.9 Å². The molecule has 0 spiro atoms. The number of aromatic nitrogens is 3. The Bertz CT molecular complexity index is 4210. The topological polar surface area (TPSA) is 213 Å². The normalized spacial score (nSPS) is 16.1. The molecule has 0 radical (unpaired) electrons. The molecule has 0 saturated heterocycles. The number of aryl methyl sites for hydroxylation is 3. The van der Waals surface area contributed by atoms with Gasteiger partial charge in [-0.1, -0.05) is 98.3 Å². The van der Waals surface area contributed by atoms with Crippen LogP contribution >= 0.6 is 0 Å². The quantitative estimate of drug-likeness (QED) is 0.0192. The highest BCUT2D eigenvalue weighted by molar-refractivity contribution is 7.86. The summed E-state index contributed by atoms with van der Waals surface area (Å²) < 4.78 is 86.5. The number of carbonyl (C=O) groups excluding carboxylic acids is 2. The van der Waals surface area contributed by atoms with Crippen LogP contribution in [0.5, 0.6) is 11.5 Å². The van der Waals surface area contributed by atoms with E-state index in [4.69, 9.17) is 19.6 Å². The molecule has 0 bridgehead atoms. The molecule has 0 fully saturated rings. The average molecular weight is 1380 g/mol. The fourth-order valence-corrected chi connectivity index (χ4v) is 15.0. The number of nitrogens with zero attached hydrogens (tertiary/aromatic N) is 6. The Kier molecular flexibility index (Phi) is 25.4. The number of allylic oxidation sites excluding steroid dienone is 7. The summed E-state index contributed by atoms with van der Waals surface area (Å²) in [7, 11) is -8.94. The van der Waals surface area contributed by atoms with Crippen LogP contribution < -0.4 is 19.7 Å². The average Bonchev–Trinajstić information content (AvgIpc) is 1.61. The molecule has 4 aromatic carbocycles. The predicted octanol–water partition coefficient (Wildman–Crippen LogP) is 16.3. The molecular weight excluding hydrogens is 1270 g/mol. The van der Waals surface area contributed by atoms with Gasteiger partial charge in [0.2, 0.25) is 17.5 Å². The maximum absolute atomic E-state index is 13.5. The Labute approximate surface area is 582 Å². The van der Waals surface area contributed by atoms with Crippen LogP contribution in [0.15, 0.2) is 148 Å². The van der Waals surface area contributed by atoms with Gasteiger partial charge in [0.25, 0.3) is 20.2 Å². The standard InChI is InChI=1S/C79H103N7O10S2/c1-11-17-18-25-49-84-69-44-32-56(12-2)52-67(69)78(7,8)71(84)46-35-58-29-28-30-59(76(58)96-63-39-41-64(42-40-63)97(89,90)91)36-47-72-79(9,10)68-54-65(98(92,93)94)43-45-70(68)85(72)50-26-22-23-31-73(87)80-48-24-20-19-21-27-51-95-62-37-33-57(34-38-62)75-66(55-74(88)83(15-5)16-6)77-81-60(13-3)53-61(14-4)86(77)82-75/h32-47,52-54H,11-31,48-51,55H2,1-10H3,(H2-,80,87,89,90,91,92,93,94)/p+1. The number of amides is 2. The first kappa shape index (κ1) is 74.5. The van der Waals surface area contributed by atoms with Gasteiger partial charge in [-0.3, -0.25) is 18.7 Å². The van der Waals surface area contributed by atoms with Gasteiger partial charge < -0.3 is 24.6 Å². The number of fused-ring (bicyclic) bond motifs is 3. The first-order valence-corrected chi connectivity index (χ1v) is 38.8. The zero-order chi connectivity index (χ0) is 70.4. The highest BCUT2D eigenvalue weighted by atomic mass is 32.2. The number of hydrogen-bond acceptors (Lipinski definition) is 11. The lowest BCUT2D eigenvalue weighted by Crippen LogP contribution is -2.31. The third-order valence-electron chi connectivity index (χ3n) is 19.8. The summed E-state index contributed by atoms with van der Waals surface area (Å²) >= 11 is 0. The van der Waals surface area contributed by atoms with Crippen molar-refractivity contribution in [2.45, 2.75) is 218 Å². The maximum Gasteiger partial charge on any atom is 0.294 e. The minimum Gasteiger partial charge on any atom is -0.494 e. The summed E-state index contributed by atoms with van der Waals surface area (Å²) in [6.45, 7) is 25.3. The van der Waals surface area contributed by atoms with Crippen LogP contribution in [0.4, 0.5) is 11.4 Å². The van der Waals surface area contributed by atoms with Crippen LogP contribution in [0.2, 0.25) is 0 Å². The zero-order valence-electron chi connectivity index (χ0n) is 59.5. The second-order valence-electron chi connectivity index (χ2n) is 27.2. The second kappa shape index (κ2) is 33.4. The van der Waals surface area contributed by atoms with Gasteiger partial charge in [-0.25, -0.2) is 9.50 Å². The molecule has 17 nitrogen and oxygen atoms in total. The molecule has 19 heteroatoms. The zero-order valence-corrected chi connectivity index (χ0v) is 61.1. The fraction of sp³-hybridized carbons (Fsp3) is 0.481. The van der Waals surface area contributed by atoms with E-state index in [1.807, 2.05) is 47.5 Å². The van der Waals surface area contributed by atoms with Gasteiger partial charge in [0.15, 0.2) is 11.4 Å². The summed E-state index contributed by atoms with van der Waals surface area (Å²) in [5.74, 6) is 1.93. The van der Waals surface area contributed by atoms with Crippen molar-refractivity contribution >= 4 is 54.8 Å². The Hall–Kier alpha value is -7.71. The van der Waals surface area contributed by atoms with Crippen LogP contribution in [0.1, 0.15) is 206 Å². The van der Waals surface area contributed by atoms with E-state index in [-0.39, 0.29) is 33.4 Å². The second-order valence-corrected chi connectivity index (χ2v) is 30.1. The van der Waals surface area contributed by atoms with Gasteiger partial charge in [-0.15, -0.1) is 0 Å². The van der Waals surface area contributed by atoms with Crippen molar-refractivity contribution in [2.75, 3.05) is 44.2 Å². The molecule has 2 aromatic heterocycles. The van der Waals surface area contributed by atoms with Crippen LogP contribution in [-0.4, -0.2) is 107 Å². The number of benzene rings is 4. The van der Waals surface area contributed by atoms with Crippen molar-refractivity contribution in [2.24, 2.45) is 0 Å². The van der Waals surface area contributed by atoms with Crippen molar-refractivity contribution in [3.63, 3.8) is 0 Å². The van der Waals surface area contributed by atoms with E-state index >= 15 is 0 Å². The summed E-state index contributed by atoms with van der Waals surface area (Å²) in [4.78, 5) is 35.5. The maximum atomic E-state index is 13.5. The number of carbonyl (C=O) groups is 2. The van der Waals surface area contributed by atoms with E-state index in [1.165, 1.54) is 47.1 Å². The molecular formula is C79H104N7O10S2+. The number of unbranched alkanes of at least 4 members (excludes halogenated alkanes) is 9. The van der Waals surface area contributed by atoms with Crippen LogP contribution in [0, 0.1) is 0 Å². The van der Waals surface area contributed by atoms with E-state index in [0.717, 1.165) is 171 Å². The largest absolute Gasteiger partial charge is 0.494 e. The van der Waals surface area contributed by atoms with E-state index in [2.05, 4.69) is 119 Å². The molecule has 3 aliphatic rings. The number of anilines is 1. The minimum atomic E-state index is -4.50. The molecule has 0 unspecified atom stereocenters. The van der Waals surface area contributed by atoms with Gasteiger partial charge in [0.1, 0.15) is 23.8 Å². The van der Waals surface area contributed by atoms with Crippen molar-refractivity contribution in [3.8, 4) is 22.8 Å². The van der Waals surface area contributed by atoms with Crippen molar-refractivity contribution in [1.82, 2.24) is 24.8 Å². The summed E-state index contributed by atoms with van der Waals surface area (Å²) in [6.07, 6.45) is 25.7. The molecule has 4 heterocycles. The van der Waals surface area contributed by atoms with Crippen molar-refractivity contribution < 1.29 is 49.6 Å². The van der Waals surface area contributed by atoms with Crippen LogP contribution in [-0.2, 0) is 66.3 Å². The number of nitrogens with one attached hydrogen (secondary N) is 1. The first-order chi connectivity index (χ1) is 46.9. The number of ether oxygens (including phenoxy) is 2. The number of hydrogen-bond donors (Lipinski definition) is 3. The van der Waals surface area contributed by atoms with Crippen LogP contribution in [0.25, 0.3) is 16.9 Å². The van der Waals surface area contributed by atoms with E-state index < -0.39 is 25.7 Å². The monoisotopic (exact) mass is 1370 g/mol. The van der Waals surface area contributed by atoms with Crippen molar-refractivity contribution in [1.29, 1.82) is 0 Å². The third-order valence-corrected chi connectivity index (χ3v) is 21.5. The van der Waals surface area contributed by atoms with E-state index in [9.17, 15) is 35.5 Å². The fourth-order valence-electron chi connectivity index (χ4n) is 14.0. The number of rotatable bonds is 35. The molecule has 2 amide bonds. The molecule has 9 rings (SSSR count). The summed E-state index contributed by atoms with van der Waals surface area (Å²) in [5, 5.41) is 8.16. The minimum absolute atomic E-state index is 0.0312. The highest BCUT2D eigenvalue weighted by Crippen LogP contribution is 2.49. The van der Waals surface area contributed by atoms with Gasteiger partial charge in [-0.05, 0) is 206 Å². The Morgan fingerprint density at radius 3 is 2.08 bits per heavy atom. The lowest BCUT2D eigenvalue weighted by Gasteiger charge is -2.27. The molecule has 6 aromatic rings. The van der Waals surface area contributed by atoms with Gasteiger partial charge in [0, 0.05) is 96.0 Å². The lowest BCUT2D eigenvalue weighted by atomic mass is 9.81. The lowest BCUT2D eigenvalue weighted by molar-refractivity contribution is -0.438. The Morgan fingerprint density at radius 2 is 1.39 bits per heavy atom. The summed E-state index contributed by atoms with van der Waals surface area (Å²) in [5.41, 5.74) is 13.8. The molecule has 2 aliphatic heterocycles. The Balaban J connectivity index is 0.819. The van der Waals surface area contributed by atoms with E-state index in [0.29, 0.717) is 63.6 Å². The summed E-state index contributed by atoms with van der Waals surface area (Å²) in [6, 6.07) is 27.5. The first-order valence-electron chi connectivity index (χ1n) is 35.9. The molecule has 1 aliphatic carbocycles. The van der Waals surface area contributed by atoms with Gasteiger partial charge >= 0.3 is 0 Å². The van der Waals surface area contributed by atoms with Gasteiger partial charge in [-0.2, -0.15) is 26.5 Å². The van der Waals surface area contributed by atoms with Crippen molar-refractivity contribution in [3.05, 3.63) is 172 Å². The van der Waals surface area contributed by atoms with Crippen LogP contribution in [0.3, 0.4) is 0 Å². The SMILES string of the molecule is CCCCCCN1/C(=C/C=C2\CCCC(/C=C/C3=[N+](CCCCCC(=O)NCCCCCCCOc4ccc(-c5nn6c(CC)cc(CC)nc6c5CC(=O)N(CC)CC)cc4)c4ccc(S(=O)(=O)O)cc4C3(C)C)=C2Oc2ccc(S(=O)(=O)O)cc2)C(C)(C)c2cc(CC)ccc21. The van der Waals surface area contributed by atoms with E-state index in [1.54, 1.807) is 24.3 Å². The molecule has 3 N–H and O–H groups in total. The number of likely N-dealkylation sites (N-methyl/N-ethyl adjacent to an activating group) is 1. The Morgan fingerprint density at radius 1 is 0.694 bits per heavy atom. The highest BCUT2D eigenvalue weighted by Gasteiger charge is 2.45. The molecule has 0 atom stereocenters. The predicted molar refractivity (Wildman–Crippen MR) is 391 cm³/mol.